The molecule has 1 amide bonds. The molecule has 9 heteroatoms. The lowest BCUT2D eigenvalue weighted by atomic mass is 10.2. The summed E-state index contributed by atoms with van der Waals surface area (Å²) < 4.78 is 1.01. The van der Waals surface area contributed by atoms with Gasteiger partial charge in [0.15, 0.2) is 5.13 Å². The van der Waals surface area contributed by atoms with Crippen molar-refractivity contribution in [3.63, 3.8) is 0 Å². The van der Waals surface area contributed by atoms with E-state index in [1.807, 2.05) is 62.3 Å². The third-order valence-electron chi connectivity index (χ3n) is 4.56. The normalized spacial score (nSPS) is 11.0. The molecular weight excluding hydrogens is 493 g/mol. The van der Waals surface area contributed by atoms with E-state index in [-0.39, 0.29) is 18.3 Å². The van der Waals surface area contributed by atoms with E-state index in [2.05, 4.69) is 4.90 Å². The highest BCUT2D eigenvalue weighted by Gasteiger charge is 2.20. The topological polar surface area (TPSA) is 36.4 Å². The Hall–Kier alpha value is -1.02. The summed E-state index contributed by atoms with van der Waals surface area (Å²) in [7, 11) is 4.02. The van der Waals surface area contributed by atoms with E-state index in [1.54, 1.807) is 11.8 Å². The van der Waals surface area contributed by atoms with Crippen molar-refractivity contribution < 1.29 is 4.79 Å². The van der Waals surface area contributed by atoms with E-state index >= 15 is 0 Å². The SMILES string of the molecule is Cc1cc(Cl)cc2sc(N(CCN(C)C)C(=O)CCCSc3ccc(Cl)cc3)nc12.Cl. The van der Waals surface area contributed by atoms with E-state index in [1.165, 1.54) is 11.3 Å². The fourth-order valence-electron chi connectivity index (χ4n) is 2.96. The molecule has 0 saturated heterocycles. The van der Waals surface area contributed by atoms with Crippen molar-refractivity contribution in [2.45, 2.75) is 24.7 Å². The molecule has 0 unspecified atom stereocenters. The number of aryl methyl sites for hydroxylation is 1. The van der Waals surface area contributed by atoms with Crippen molar-refractivity contribution in [3.8, 4) is 0 Å². The Kier molecular flexibility index (Phi) is 10.4. The number of nitrogens with zero attached hydrogens (tertiary/aromatic N) is 3. The average Bonchev–Trinajstić information content (AvgIpc) is 3.10. The molecule has 3 aromatic rings. The number of thiazole rings is 1. The molecule has 4 nitrogen and oxygen atoms in total. The summed E-state index contributed by atoms with van der Waals surface area (Å²) in [5.41, 5.74) is 1.94. The van der Waals surface area contributed by atoms with Gasteiger partial charge in [0.1, 0.15) is 0 Å². The molecule has 1 aromatic heterocycles. The van der Waals surface area contributed by atoms with Gasteiger partial charge in [-0.05, 0) is 75.2 Å². The zero-order valence-electron chi connectivity index (χ0n) is 17.7. The molecule has 0 aliphatic heterocycles. The molecule has 0 fully saturated rings. The highest BCUT2D eigenvalue weighted by Crippen LogP contribution is 2.33. The van der Waals surface area contributed by atoms with Crippen LogP contribution < -0.4 is 4.90 Å². The Morgan fingerprint density at radius 2 is 1.81 bits per heavy atom. The van der Waals surface area contributed by atoms with Crippen LogP contribution in [-0.4, -0.2) is 48.7 Å². The summed E-state index contributed by atoms with van der Waals surface area (Å²) in [5, 5.41) is 2.17. The van der Waals surface area contributed by atoms with Crippen molar-refractivity contribution in [2.75, 3.05) is 37.8 Å². The lowest BCUT2D eigenvalue weighted by molar-refractivity contribution is -0.118. The van der Waals surface area contributed by atoms with Crippen LogP contribution in [0, 0.1) is 6.92 Å². The molecular formula is C22H26Cl3N3OS2. The largest absolute Gasteiger partial charge is 0.308 e. The first-order valence-corrected chi connectivity index (χ1v) is 12.3. The molecule has 0 saturated carbocycles. The summed E-state index contributed by atoms with van der Waals surface area (Å²) in [6.07, 6.45) is 1.30. The third-order valence-corrected chi connectivity index (χ3v) is 7.15. The van der Waals surface area contributed by atoms with Gasteiger partial charge in [-0.25, -0.2) is 4.98 Å². The Morgan fingerprint density at radius 3 is 2.48 bits per heavy atom. The second-order valence-electron chi connectivity index (χ2n) is 7.32. The number of benzene rings is 2. The average molecular weight is 519 g/mol. The van der Waals surface area contributed by atoms with E-state index in [0.717, 1.165) is 49.5 Å². The van der Waals surface area contributed by atoms with Crippen LogP contribution in [0.25, 0.3) is 10.2 Å². The van der Waals surface area contributed by atoms with Gasteiger partial charge in [0, 0.05) is 34.5 Å². The first-order chi connectivity index (χ1) is 14.3. The molecule has 168 valence electrons. The number of thioether (sulfide) groups is 1. The quantitative estimate of drug-likeness (QED) is 0.230. The zero-order chi connectivity index (χ0) is 21.7. The van der Waals surface area contributed by atoms with Gasteiger partial charge >= 0.3 is 0 Å². The summed E-state index contributed by atoms with van der Waals surface area (Å²) in [6, 6.07) is 11.6. The van der Waals surface area contributed by atoms with E-state index in [4.69, 9.17) is 28.2 Å². The Labute approximate surface area is 208 Å². The highest BCUT2D eigenvalue weighted by atomic mass is 35.5. The molecule has 0 bridgehead atoms. The standard InChI is InChI=1S/C22H25Cl2N3OS2.ClH/c1-15-13-17(24)14-19-21(15)25-22(30-19)27(11-10-26(2)3)20(28)5-4-12-29-18-8-6-16(23)7-9-18;/h6-9,13-14H,4-5,10-12H2,1-3H3;1H. The van der Waals surface area contributed by atoms with Gasteiger partial charge in [-0.2, -0.15) is 0 Å². The van der Waals surface area contributed by atoms with Crippen LogP contribution in [-0.2, 0) is 4.79 Å². The number of amides is 1. The fraction of sp³-hybridized carbons (Fsp3) is 0.364. The monoisotopic (exact) mass is 517 g/mol. The predicted molar refractivity (Wildman–Crippen MR) is 139 cm³/mol. The number of rotatable bonds is 9. The Bertz CT molecular complexity index is 1010. The van der Waals surface area contributed by atoms with Gasteiger partial charge in [-0.1, -0.05) is 34.5 Å². The zero-order valence-corrected chi connectivity index (χ0v) is 21.7. The smallest absolute Gasteiger partial charge is 0.228 e. The van der Waals surface area contributed by atoms with Crippen LogP contribution in [0.4, 0.5) is 5.13 Å². The minimum Gasteiger partial charge on any atom is -0.308 e. The summed E-state index contributed by atoms with van der Waals surface area (Å²) in [5.74, 6) is 0.986. The third kappa shape index (κ3) is 7.52. The molecule has 0 aliphatic rings. The van der Waals surface area contributed by atoms with Gasteiger partial charge in [0.05, 0.1) is 10.2 Å². The van der Waals surface area contributed by atoms with Crippen molar-refractivity contribution in [3.05, 3.63) is 52.0 Å². The molecule has 0 N–H and O–H groups in total. The van der Waals surface area contributed by atoms with Crippen LogP contribution in [0.5, 0.6) is 0 Å². The van der Waals surface area contributed by atoms with Crippen molar-refractivity contribution in [1.29, 1.82) is 0 Å². The van der Waals surface area contributed by atoms with Gasteiger partial charge in [-0.15, -0.1) is 24.2 Å². The van der Waals surface area contributed by atoms with Crippen LogP contribution in [0.3, 0.4) is 0 Å². The van der Waals surface area contributed by atoms with Gasteiger partial charge < -0.3 is 4.90 Å². The van der Waals surface area contributed by atoms with Crippen molar-refractivity contribution in [2.24, 2.45) is 0 Å². The minimum atomic E-state index is 0. The van der Waals surface area contributed by atoms with E-state index in [0.29, 0.717) is 18.0 Å². The molecule has 2 aromatic carbocycles. The number of hydrogen-bond acceptors (Lipinski definition) is 5. The predicted octanol–water partition coefficient (Wildman–Crippen LogP) is 6.80. The molecule has 1 heterocycles. The molecule has 0 atom stereocenters. The molecule has 0 radical (unpaired) electrons. The van der Waals surface area contributed by atoms with Crippen molar-refractivity contribution in [1.82, 2.24) is 9.88 Å². The van der Waals surface area contributed by atoms with E-state index < -0.39 is 0 Å². The van der Waals surface area contributed by atoms with Crippen LogP contribution >= 0.6 is 58.7 Å². The number of carbonyl (C=O) groups excluding carboxylic acids is 1. The number of carbonyl (C=O) groups is 1. The molecule has 3 rings (SSSR count). The number of hydrogen-bond donors (Lipinski definition) is 0. The maximum atomic E-state index is 13.1. The van der Waals surface area contributed by atoms with Crippen LogP contribution in [0.1, 0.15) is 18.4 Å². The maximum Gasteiger partial charge on any atom is 0.228 e. The fourth-order valence-corrected chi connectivity index (χ4v) is 5.41. The molecule has 0 spiro atoms. The first kappa shape index (κ1) is 26.2. The van der Waals surface area contributed by atoms with Gasteiger partial charge in [0.25, 0.3) is 0 Å². The number of halogens is 3. The van der Waals surface area contributed by atoms with Crippen molar-refractivity contribution >= 4 is 80.0 Å². The highest BCUT2D eigenvalue weighted by molar-refractivity contribution is 7.99. The Balaban J connectivity index is 0.00000341. The van der Waals surface area contributed by atoms with Crippen LogP contribution in [0.15, 0.2) is 41.3 Å². The van der Waals surface area contributed by atoms with Gasteiger partial charge in [0.2, 0.25) is 5.91 Å². The minimum absolute atomic E-state index is 0. The lowest BCUT2D eigenvalue weighted by Crippen LogP contribution is -2.36. The maximum absolute atomic E-state index is 13.1. The number of fused-ring (bicyclic) bond motifs is 1. The summed E-state index contributed by atoms with van der Waals surface area (Å²) in [4.78, 5) is 22.9. The summed E-state index contributed by atoms with van der Waals surface area (Å²) >= 11 is 15.4. The second kappa shape index (κ2) is 12.3. The molecule has 0 aliphatic carbocycles. The number of aromatic nitrogens is 1. The van der Waals surface area contributed by atoms with E-state index in [9.17, 15) is 4.79 Å². The van der Waals surface area contributed by atoms with Gasteiger partial charge in [-0.3, -0.25) is 9.69 Å². The molecule has 31 heavy (non-hydrogen) atoms. The summed E-state index contributed by atoms with van der Waals surface area (Å²) in [6.45, 7) is 3.39. The number of likely N-dealkylation sites (N-methyl/N-ethyl adjacent to an activating group) is 1. The Morgan fingerprint density at radius 1 is 1.10 bits per heavy atom. The van der Waals surface area contributed by atoms with Crippen LogP contribution in [0.2, 0.25) is 10.0 Å². The second-order valence-corrected chi connectivity index (χ2v) is 10.4. The lowest BCUT2D eigenvalue weighted by Gasteiger charge is -2.22. The first-order valence-electron chi connectivity index (χ1n) is 9.73. The number of anilines is 1.